The van der Waals surface area contributed by atoms with Gasteiger partial charge in [-0.2, -0.15) is 0 Å². The molecule has 0 saturated carbocycles. The van der Waals surface area contributed by atoms with Gasteiger partial charge in [0.25, 0.3) is 0 Å². The van der Waals surface area contributed by atoms with E-state index in [1.54, 1.807) is 6.08 Å². The van der Waals surface area contributed by atoms with Crippen LogP contribution in [-0.4, -0.2) is 47.4 Å². The molecule has 0 aromatic rings. The van der Waals surface area contributed by atoms with Crippen molar-refractivity contribution in [2.75, 3.05) is 13.2 Å². The number of aliphatic hydroxyl groups excluding tert-OH is 2. The predicted molar refractivity (Wildman–Crippen MR) is 361 cm³/mol. The van der Waals surface area contributed by atoms with Crippen LogP contribution in [0.15, 0.2) is 48.6 Å². The van der Waals surface area contributed by atoms with Crippen molar-refractivity contribution >= 4 is 11.9 Å². The normalized spacial score (nSPS) is 12.8. The molecule has 0 aromatic carbocycles. The molecule has 6 heteroatoms. The Morgan fingerprint density at radius 1 is 0.341 bits per heavy atom. The van der Waals surface area contributed by atoms with E-state index in [1.165, 1.54) is 321 Å². The third kappa shape index (κ3) is 67.0. The number of unbranched alkanes of at least 4 members (excludes halogenated alkanes) is 52. The second-order valence-corrected chi connectivity index (χ2v) is 25.3. The van der Waals surface area contributed by atoms with Crippen molar-refractivity contribution in [3.8, 4) is 0 Å². The van der Waals surface area contributed by atoms with E-state index in [1.807, 2.05) is 6.08 Å². The maximum absolute atomic E-state index is 12.5. The summed E-state index contributed by atoms with van der Waals surface area (Å²) < 4.78 is 5.48. The number of carbonyl (C=O) groups excluding carboxylic acids is 2. The van der Waals surface area contributed by atoms with Crippen LogP contribution >= 0.6 is 0 Å². The molecule has 0 bridgehead atoms. The van der Waals surface area contributed by atoms with Gasteiger partial charge >= 0.3 is 5.97 Å². The third-order valence-electron chi connectivity index (χ3n) is 17.1. The van der Waals surface area contributed by atoms with E-state index in [0.29, 0.717) is 19.4 Å². The highest BCUT2D eigenvalue weighted by Crippen LogP contribution is 2.18. The third-order valence-corrected chi connectivity index (χ3v) is 17.1. The van der Waals surface area contributed by atoms with E-state index in [0.717, 1.165) is 51.4 Å². The lowest BCUT2D eigenvalue weighted by Gasteiger charge is -2.20. The first-order valence-electron chi connectivity index (χ1n) is 36.9. The molecule has 0 aromatic heterocycles. The largest absolute Gasteiger partial charge is 0.466 e. The maximum atomic E-state index is 12.5. The first-order chi connectivity index (χ1) is 40.5. The quantitative estimate of drug-likeness (QED) is 0.0320. The van der Waals surface area contributed by atoms with Crippen LogP contribution in [0.4, 0.5) is 0 Å². The molecule has 0 aliphatic heterocycles. The standard InChI is InChI=1S/C76H143NO5/c1-3-5-7-9-11-13-15-17-18-19-20-32-35-38-41-45-48-52-56-60-64-68-74(79)73(72-78)77-75(80)69-65-61-57-53-49-46-42-39-36-33-30-28-26-24-22-21-23-25-27-29-31-34-37-40-43-47-51-55-59-63-67-71-82-76(81)70-66-62-58-54-50-44-16-14-12-10-8-6-4-2/h14,16,23,25,29,31,64,68,73-74,78-79H,3-13,15,17-22,24,26-28,30,32-63,65-67,69-72H2,1-2H3,(H,77,80)/b16-14-,25-23-,31-29-,68-64+. The Morgan fingerprint density at radius 3 is 0.951 bits per heavy atom. The molecule has 2 atom stereocenters. The number of ether oxygens (including phenoxy) is 1. The molecule has 2 unspecified atom stereocenters. The highest BCUT2D eigenvalue weighted by molar-refractivity contribution is 5.76. The zero-order valence-corrected chi connectivity index (χ0v) is 55.2. The van der Waals surface area contributed by atoms with E-state index >= 15 is 0 Å². The molecule has 0 aliphatic carbocycles. The summed E-state index contributed by atoms with van der Waals surface area (Å²) in [6.45, 7) is 4.92. The highest BCUT2D eigenvalue weighted by Gasteiger charge is 2.18. The van der Waals surface area contributed by atoms with Crippen LogP contribution in [-0.2, 0) is 14.3 Å². The van der Waals surface area contributed by atoms with Gasteiger partial charge in [-0.15, -0.1) is 0 Å². The summed E-state index contributed by atoms with van der Waals surface area (Å²) in [6, 6.07) is -0.629. The lowest BCUT2D eigenvalue weighted by molar-refractivity contribution is -0.143. The number of allylic oxidation sites excluding steroid dienone is 7. The van der Waals surface area contributed by atoms with Gasteiger partial charge in [-0.3, -0.25) is 9.59 Å². The fraction of sp³-hybridized carbons (Fsp3) is 0.868. The van der Waals surface area contributed by atoms with Crippen LogP contribution in [0.25, 0.3) is 0 Å². The average molecular weight is 1150 g/mol. The van der Waals surface area contributed by atoms with Gasteiger partial charge in [0.05, 0.1) is 25.4 Å². The number of nitrogens with one attached hydrogen (secondary N) is 1. The molecule has 1 amide bonds. The van der Waals surface area contributed by atoms with Crippen LogP contribution in [0.3, 0.4) is 0 Å². The van der Waals surface area contributed by atoms with Crippen LogP contribution in [0.5, 0.6) is 0 Å². The van der Waals surface area contributed by atoms with Crippen molar-refractivity contribution in [3.63, 3.8) is 0 Å². The van der Waals surface area contributed by atoms with Crippen LogP contribution < -0.4 is 5.32 Å². The Morgan fingerprint density at radius 2 is 0.610 bits per heavy atom. The number of hydrogen-bond acceptors (Lipinski definition) is 5. The monoisotopic (exact) mass is 1150 g/mol. The number of carbonyl (C=O) groups is 2. The van der Waals surface area contributed by atoms with Gasteiger partial charge in [0.1, 0.15) is 0 Å². The number of aliphatic hydroxyl groups is 2. The second-order valence-electron chi connectivity index (χ2n) is 25.3. The van der Waals surface area contributed by atoms with Gasteiger partial charge in [0.2, 0.25) is 5.91 Å². The maximum Gasteiger partial charge on any atom is 0.305 e. The minimum absolute atomic E-state index is 0.00380. The number of hydrogen-bond donors (Lipinski definition) is 3. The topological polar surface area (TPSA) is 95.9 Å². The summed E-state index contributed by atoms with van der Waals surface area (Å²) in [5.41, 5.74) is 0. The van der Waals surface area contributed by atoms with E-state index < -0.39 is 12.1 Å². The van der Waals surface area contributed by atoms with Crippen molar-refractivity contribution in [1.29, 1.82) is 0 Å². The molecule has 0 spiro atoms. The first kappa shape index (κ1) is 79.8. The van der Waals surface area contributed by atoms with E-state index in [2.05, 4.69) is 55.6 Å². The highest BCUT2D eigenvalue weighted by atomic mass is 16.5. The fourth-order valence-electron chi connectivity index (χ4n) is 11.4. The lowest BCUT2D eigenvalue weighted by Crippen LogP contribution is -2.45. The molecular weight excluding hydrogens is 1010 g/mol. The smallest absolute Gasteiger partial charge is 0.305 e. The van der Waals surface area contributed by atoms with E-state index in [9.17, 15) is 19.8 Å². The van der Waals surface area contributed by atoms with Gasteiger partial charge in [-0.25, -0.2) is 0 Å². The van der Waals surface area contributed by atoms with Crippen molar-refractivity contribution in [3.05, 3.63) is 48.6 Å². The molecule has 0 heterocycles. The summed E-state index contributed by atoms with van der Waals surface area (Å²) in [6.07, 6.45) is 93.5. The fourth-order valence-corrected chi connectivity index (χ4v) is 11.4. The molecular formula is C76H143NO5. The molecule has 0 aliphatic rings. The minimum Gasteiger partial charge on any atom is -0.466 e. The van der Waals surface area contributed by atoms with Gasteiger partial charge in [0, 0.05) is 12.8 Å². The van der Waals surface area contributed by atoms with Crippen molar-refractivity contribution in [2.24, 2.45) is 0 Å². The van der Waals surface area contributed by atoms with Crippen molar-refractivity contribution in [2.45, 2.75) is 411 Å². The van der Waals surface area contributed by atoms with Gasteiger partial charge < -0.3 is 20.3 Å². The van der Waals surface area contributed by atoms with Crippen molar-refractivity contribution in [1.82, 2.24) is 5.32 Å². The molecule has 6 nitrogen and oxygen atoms in total. The van der Waals surface area contributed by atoms with Gasteiger partial charge in [-0.05, 0) is 89.9 Å². The molecule has 0 rings (SSSR count). The van der Waals surface area contributed by atoms with Gasteiger partial charge in [0.15, 0.2) is 0 Å². The summed E-state index contributed by atoms with van der Waals surface area (Å²) in [4.78, 5) is 24.6. The summed E-state index contributed by atoms with van der Waals surface area (Å²) in [7, 11) is 0. The number of esters is 1. The van der Waals surface area contributed by atoms with Gasteiger partial charge in [-0.1, -0.05) is 345 Å². The Hall–Kier alpha value is -2.18. The van der Waals surface area contributed by atoms with Crippen LogP contribution in [0, 0.1) is 0 Å². The summed E-state index contributed by atoms with van der Waals surface area (Å²) in [5.74, 6) is -0.0600. The van der Waals surface area contributed by atoms with Crippen molar-refractivity contribution < 1.29 is 24.5 Å². The Bertz CT molecular complexity index is 1370. The first-order valence-corrected chi connectivity index (χ1v) is 36.9. The molecule has 482 valence electrons. The van der Waals surface area contributed by atoms with Crippen LogP contribution in [0.2, 0.25) is 0 Å². The number of rotatable bonds is 69. The van der Waals surface area contributed by atoms with E-state index in [-0.39, 0.29) is 18.5 Å². The summed E-state index contributed by atoms with van der Waals surface area (Å²) in [5, 5.41) is 23.3. The molecule has 3 N–H and O–H groups in total. The average Bonchev–Trinajstić information content (AvgIpc) is 3.48. The Labute approximate surface area is 512 Å². The van der Waals surface area contributed by atoms with E-state index in [4.69, 9.17) is 4.74 Å². The van der Waals surface area contributed by atoms with Crippen LogP contribution in [0.1, 0.15) is 399 Å². The number of amides is 1. The zero-order valence-electron chi connectivity index (χ0n) is 55.2. The summed E-state index contributed by atoms with van der Waals surface area (Å²) >= 11 is 0. The molecule has 0 fully saturated rings. The Balaban J connectivity index is 3.42. The predicted octanol–water partition coefficient (Wildman–Crippen LogP) is 24.0. The Kier molecular flexibility index (Phi) is 69.4. The molecule has 0 saturated heterocycles. The minimum atomic E-state index is -0.846. The molecule has 82 heavy (non-hydrogen) atoms. The second kappa shape index (κ2) is 71.3. The zero-order chi connectivity index (χ0) is 59.2. The molecule has 0 radical (unpaired) electrons. The SMILES string of the molecule is CCCCCC/C=C\CCCCCCCC(=O)OCCCCCCCCCCC/C=C\C/C=C\CCCCCCCCCCCCCCCCCC(=O)NC(CO)C(O)/C=C/CCCCCCCCCCCCCCCCCCCCC. The lowest BCUT2D eigenvalue weighted by atomic mass is 10.0.